The molecule has 1 N–H and O–H groups in total. The Morgan fingerprint density at radius 2 is 2.19 bits per heavy atom. The molecule has 0 radical (unpaired) electrons. The lowest BCUT2D eigenvalue weighted by molar-refractivity contribution is -0.135. The minimum atomic E-state index is -0.927. The van der Waals surface area contributed by atoms with E-state index in [2.05, 4.69) is 6.58 Å². The van der Waals surface area contributed by atoms with Crippen LogP contribution in [0.3, 0.4) is 0 Å². The number of hydrogen-bond donors (Lipinski definition) is 1. The molecule has 3 nitrogen and oxygen atoms in total. The maximum absolute atomic E-state index is 10.6. The summed E-state index contributed by atoms with van der Waals surface area (Å²) in [6.07, 6.45) is -0.129. The van der Waals surface area contributed by atoms with Gasteiger partial charge >= 0.3 is 5.97 Å². The molecule has 0 unspecified atom stereocenters. The highest BCUT2D eigenvalue weighted by molar-refractivity contribution is 6.31. The number of benzene rings is 1. The van der Waals surface area contributed by atoms with E-state index in [4.69, 9.17) is 21.4 Å². The minimum absolute atomic E-state index is 0.129. The van der Waals surface area contributed by atoms with Crippen LogP contribution in [0, 0.1) is 6.92 Å². The molecule has 0 aliphatic rings. The predicted octanol–water partition coefficient (Wildman–Crippen LogP) is 3.14. The fourth-order valence-electron chi connectivity index (χ4n) is 1.38. The Morgan fingerprint density at radius 3 is 2.69 bits per heavy atom. The molecule has 0 heterocycles. The van der Waals surface area contributed by atoms with E-state index in [0.29, 0.717) is 21.9 Å². The number of carbonyl (C=O) groups is 1. The van der Waals surface area contributed by atoms with Crippen LogP contribution in [0.2, 0.25) is 5.02 Å². The van der Waals surface area contributed by atoms with Gasteiger partial charge in [0.15, 0.2) is 0 Å². The number of carboxylic acid groups (broad SMARTS) is 1. The molecule has 0 amide bonds. The topological polar surface area (TPSA) is 46.5 Å². The fraction of sp³-hybridized carbons (Fsp3) is 0.250. The Labute approximate surface area is 99.3 Å². The largest absolute Gasteiger partial charge is 0.496 e. The normalized spacial score (nSPS) is 9.94. The Hall–Kier alpha value is -1.48. The van der Waals surface area contributed by atoms with Gasteiger partial charge in [0.1, 0.15) is 5.75 Å². The van der Waals surface area contributed by atoms with Crippen molar-refractivity contribution in [3.8, 4) is 5.75 Å². The van der Waals surface area contributed by atoms with Crippen molar-refractivity contribution in [3.05, 3.63) is 34.9 Å². The molecule has 0 aliphatic carbocycles. The van der Waals surface area contributed by atoms with Crippen molar-refractivity contribution in [2.45, 2.75) is 13.3 Å². The van der Waals surface area contributed by atoms with Gasteiger partial charge in [-0.3, -0.25) is 4.79 Å². The van der Waals surface area contributed by atoms with Gasteiger partial charge in [-0.05, 0) is 30.2 Å². The molecule has 0 atom stereocenters. The smallest absolute Gasteiger partial charge is 0.307 e. The average Bonchev–Trinajstić information content (AvgIpc) is 2.20. The number of hydrogen-bond acceptors (Lipinski definition) is 2. The Kier molecular flexibility index (Phi) is 3.96. The zero-order valence-electron chi connectivity index (χ0n) is 9.21. The second-order valence-electron chi connectivity index (χ2n) is 3.48. The van der Waals surface area contributed by atoms with Gasteiger partial charge in [0.25, 0.3) is 0 Å². The summed E-state index contributed by atoms with van der Waals surface area (Å²) in [6, 6.07) is 3.45. The molecular weight excluding hydrogens is 228 g/mol. The van der Waals surface area contributed by atoms with E-state index < -0.39 is 5.97 Å². The predicted molar refractivity (Wildman–Crippen MR) is 64.0 cm³/mol. The molecule has 16 heavy (non-hydrogen) atoms. The first kappa shape index (κ1) is 12.6. The molecular formula is C12H13ClO3. The van der Waals surface area contributed by atoms with Gasteiger partial charge in [-0.15, -0.1) is 0 Å². The molecule has 86 valence electrons. The molecule has 0 bridgehead atoms. The second-order valence-corrected chi connectivity index (χ2v) is 3.88. The third-order valence-corrected chi connectivity index (χ3v) is 2.63. The maximum atomic E-state index is 10.6. The molecule has 1 aromatic carbocycles. The van der Waals surface area contributed by atoms with Crippen LogP contribution >= 0.6 is 11.6 Å². The van der Waals surface area contributed by atoms with Gasteiger partial charge in [-0.2, -0.15) is 0 Å². The quantitative estimate of drug-likeness (QED) is 0.880. The van der Waals surface area contributed by atoms with Crippen molar-refractivity contribution in [2.75, 3.05) is 7.11 Å². The SMILES string of the molecule is C=C(CC(=O)O)c1cc(Cl)c(C)cc1OC. The summed E-state index contributed by atoms with van der Waals surface area (Å²) in [6.45, 7) is 5.58. The summed E-state index contributed by atoms with van der Waals surface area (Å²) in [5, 5.41) is 9.27. The number of carboxylic acids is 1. The van der Waals surface area contributed by atoms with Gasteiger partial charge in [-0.25, -0.2) is 0 Å². The highest BCUT2D eigenvalue weighted by Gasteiger charge is 2.12. The third kappa shape index (κ3) is 2.76. The molecule has 0 spiro atoms. The van der Waals surface area contributed by atoms with Gasteiger partial charge in [0, 0.05) is 10.6 Å². The first-order valence-corrected chi connectivity index (χ1v) is 5.07. The number of halogens is 1. The second kappa shape index (κ2) is 5.03. The lowest BCUT2D eigenvalue weighted by atomic mass is 10.0. The Morgan fingerprint density at radius 1 is 1.56 bits per heavy atom. The number of ether oxygens (including phenoxy) is 1. The number of rotatable bonds is 4. The molecule has 0 aromatic heterocycles. The van der Waals surface area contributed by atoms with Crippen molar-refractivity contribution >= 4 is 23.1 Å². The summed E-state index contributed by atoms with van der Waals surface area (Å²) in [5.74, 6) is -0.336. The van der Waals surface area contributed by atoms with E-state index in [1.165, 1.54) is 7.11 Å². The van der Waals surface area contributed by atoms with Gasteiger partial charge < -0.3 is 9.84 Å². The Balaban J connectivity index is 3.16. The van der Waals surface area contributed by atoms with Crippen molar-refractivity contribution in [1.82, 2.24) is 0 Å². The summed E-state index contributed by atoms with van der Waals surface area (Å²) < 4.78 is 5.17. The van der Waals surface area contributed by atoms with Gasteiger partial charge in [0.05, 0.1) is 13.5 Å². The van der Waals surface area contributed by atoms with E-state index in [1.807, 2.05) is 6.92 Å². The molecule has 0 saturated carbocycles. The van der Waals surface area contributed by atoms with Crippen LogP contribution < -0.4 is 4.74 Å². The zero-order valence-corrected chi connectivity index (χ0v) is 9.97. The lowest BCUT2D eigenvalue weighted by Crippen LogP contribution is -1.99. The number of methoxy groups -OCH3 is 1. The van der Waals surface area contributed by atoms with E-state index in [-0.39, 0.29) is 6.42 Å². The van der Waals surface area contributed by atoms with Crippen LogP contribution in [0.4, 0.5) is 0 Å². The molecule has 1 rings (SSSR count). The van der Waals surface area contributed by atoms with Crippen LogP contribution in [-0.4, -0.2) is 18.2 Å². The fourth-order valence-corrected chi connectivity index (χ4v) is 1.54. The summed E-state index contributed by atoms with van der Waals surface area (Å²) >= 11 is 5.98. The first-order chi connectivity index (χ1) is 7.45. The van der Waals surface area contributed by atoms with Crippen molar-refractivity contribution in [3.63, 3.8) is 0 Å². The van der Waals surface area contributed by atoms with E-state index in [9.17, 15) is 4.79 Å². The monoisotopic (exact) mass is 240 g/mol. The van der Waals surface area contributed by atoms with Crippen LogP contribution in [0.15, 0.2) is 18.7 Å². The molecule has 1 aromatic rings. The van der Waals surface area contributed by atoms with Crippen LogP contribution in [-0.2, 0) is 4.79 Å². The van der Waals surface area contributed by atoms with E-state index >= 15 is 0 Å². The summed E-state index contributed by atoms with van der Waals surface area (Å²) in [4.78, 5) is 10.6. The molecule has 0 saturated heterocycles. The van der Waals surface area contributed by atoms with Crippen molar-refractivity contribution in [2.24, 2.45) is 0 Å². The lowest BCUT2D eigenvalue weighted by Gasteiger charge is -2.11. The molecule has 0 aliphatic heterocycles. The Bertz CT molecular complexity index is 438. The van der Waals surface area contributed by atoms with Crippen LogP contribution in [0.25, 0.3) is 5.57 Å². The number of aliphatic carboxylic acids is 1. The highest BCUT2D eigenvalue weighted by atomic mass is 35.5. The van der Waals surface area contributed by atoms with E-state index in [1.54, 1.807) is 12.1 Å². The van der Waals surface area contributed by atoms with Crippen molar-refractivity contribution < 1.29 is 14.6 Å². The van der Waals surface area contributed by atoms with Crippen LogP contribution in [0.5, 0.6) is 5.75 Å². The summed E-state index contributed by atoms with van der Waals surface area (Å²) in [7, 11) is 1.53. The summed E-state index contributed by atoms with van der Waals surface area (Å²) in [5.41, 5.74) is 2.00. The standard InChI is InChI=1S/C12H13ClO3/c1-7(5-12(14)15)9-6-10(13)8(2)4-11(9)16-3/h4,6H,1,5H2,2-3H3,(H,14,15). The molecule has 0 fully saturated rings. The zero-order chi connectivity index (χ0) is 12.3. The van der Waals surface area contributed by atoms with Crippen molar-refractivity contribution in [1.29, 1.82) is 0 Å². The van der Waals surface area contributed by atoms with Gasteiger partial charge in [0.2, 0.25) is 0 Å². The molecule has 4 heteroatoms. The van der Waals surface area contributed by atoms with Crippen LogP contribution in [0.1, 0.15) is 17.5 Å². The first-order valence-electron chi connectivity index (χ1n) is 4.69. The highest BCUT2D eigenvalue weighted by Crippen LogP contribution is 2.32. The van der Waals surface area contributed by atoms with E-state index in [0.717, 1.165) is 5.56 Å². The maximum Gasteiger partial charge on any atom is 0.307 e. The third-order valence-electron chi connectivity index (χ3n) is 2.23. The average molecular weight is 241 g/mol. The van der Waals surface area contributed by atoms with Gasteiger partial charge in [-0.1, -0.05) is 18.2 Å². The minimum Gasteiger partial charge on any atom is -0.496 e. The number of aryl methyl sites for hydroxylation is 1.